The van der Waals surface area contributed by atoms with Gasteiger partial charge in [-0.3, -0.25) is 14.5 Å². The number of nitrogens with one attached hydrogen (secondary N) is 3. The molecule has 0 bridgehead atoms. The average Bonchev–Trinajstić information content (AvgIpc) is 3.65. The standard InChI is InChI=1S/C26H27F2N9O2/c1-26(2,39)24(28)13-32-25(38)18-10-31-21(22-4-3-17-5-15(7-29)8-34-37(17)22)6-20(18)35-16-9-33-36(14-16)23-12-30-11-19(23)27/h3-6,8-10,14,19,23-24,30,39H,11-13H2,1-2H3,(H,31,35)(H,32,38)/t19-,23+,24?/m1/s1. The summed E-state index contributed by atoms with van der Waals surface area (Å²) in [4.78, 5) is 17.5. The molecule has 1 aliphatic rings. The molecule has 0 spiro atoms. The number of carbonyl (C=O) groups is 1. The van der Waals surface area contributed by atoms with Crippen molar-refractivity contribution < 1.29 is 18.7 Å². The summed E-state index contributed by atoms with van der Waals surface area (Å²) in [6, 6.07) is 8.53. The summed E-state index contributed by atoms with van der Waals surface area (Å²) in [7, 11) is 0. The molecule has 39 heavy (non-hydrogen) atoms. The Morgan fingerprint density at radius 3 is 2.82 bits per heavy atom. The number of nitrogens with zero attached hydrogens (tertiary/aromatic N) is 6. The number of rotatable bonds is 8. The number of alkyl halides is 2. The molecule has 0 saturated carbocycles. The molecule has 5 heterocycles. The van der Waals surface area contributed by atoms with Crippen LogP contribution >= 0.6 is 0 Å². The van der Waals surface area contributed by atoms with Crippen molar-refractivity contribution in [2.45, 2.75) is 37.8 Å². The van der Waals surface area contributed by atoms with E-state index in [-0.39, 0.29) is 12.1 Å². The van der Waals surface area contributed by atoms with Gasteiger partial charge in [-0.25, -0.2) is 13.3 Å². The second-order valence-electron chi connectivity index (χ2n) is 9.93. The van der Waals surface area contributed by atoms with Crippen LogP contribution in [0, 0.1) is 11.3 Å². The molecule has 202 valence electrons. The molecular formula is C26H27F2N9O2. The van der Waals surface area contributed by atoms with Crippen LogP contribution in [-0.2, 0) is 0 Å². The third kappa shape index (κ3) is 5.43. The van der Waals surface area contributed by atoms with Crippen LogP contribution < -0.4 is 16.0 Å². The van der Waals surface area contributed by atoms with Crippen molar-refractivity contribution in [2.75, 3.05) is 25.0 Å². The van der Waals surface area contributed by atoms with Crippen molar-refractivity contribution >= 4 is 22.8 Å². The largest absolute Gasteiger partial charge is 0.387 e. The molecule has 4 aromatic rings. The van der Waals surface area contributed by atoms with Gasteiger partial charge >= 0.3 is 0 Å². The van der Waals surface area contributed by atoms with Crippen molar-refractivity contribution in [1.29, 1.82) is 5.26 Å². The van der Waals surface area contributed by atoms with Gasteiger partial charge in [-0.05, 0) is 38.1 Å². The van der Waals surface area contributed by atoms with Gasteiger partial charge in [0.05, 0.1) is 70.0 Å². The van der Waals surface area contributed by atoms with Crippen LogP contribution in [0.4, 0.5) is 20.2 Å². The zero-order valence-electron chi connectivity index (χ0n) is 21.3. The topological polar surface area (TPSA) is 145 Å². The number of aromatic nitrogens is 5. The fourth-order valence-corrected chi connectivity index (χ4v) is 4.29. The highest BCUT2D eigenvalue weighted by atomic mass is 19.1. The number of fused-ring (bicyclic) bond motifs is 1. The van der Waals surface area contributed by atoms with Crippen LogP contribution in [0.2, 0.25) is 0 Å². The SMILES string of the molecule is CC(C)(O)C(F)CNC(=O)c1cnc(-c2ccc3cc(C#N)cnn23)cc1Nc1cnn([C@H]2CNC[C@H]2F)c1. The Morgan fingerprint density at radius 1 is 1.28 bits per heavy atom. The van der Waals surface area contributed by atoms with Gasteiger partial charge in [-0.1, -0.05) is 0 Å². The van der Waals surface area contributed by atoms with Crippen LogP contribution in [-0.4, -0.2) is 73.0 Å². The molecule has 5 rings (SSSR count). The molecule has 13 heteroatoms. The Hall–Kier alpha value is -4.41. The minimum Gasteiger partial charge on any atom is -0.387 e. The number of hydrogen-bond acceptors (Lipinski definition) is 8. The molecule has 0 aliphatic carbocycles. The number of carbonyl (C=O) groups excluding carboxylic acids is 1. The van der Waals surface area contributed by atoms with E-state index in [1.165, 1.54) is 37.1 Å². The van der Waals surface area contributed by atoms with E-state index in [9.17, 15) is 18.7 Å². The summed E-state index contributed by atoms with van der Waals surface area (Å²) in [6.07, 6.45) is 3.21. The first kappa shape index (κ1) is 26.2. The summed E-state index contributed by atoms with van der Waals surface area (Å²) in [5.41, 5.74) is 1.55. The van der Waals surface area contributed by atoms with Gasteiger partial charge < -0.3 is 21.1 Å². The van der Waals surface area contributed by atoms with E-state index >= 15 is 0 Å². The fraction of sp³-hybridized carbons (Fsp3) is 0.346. The van der Waals surface area contributed by atoms with Gasteiger partial charge in [-0.15, -0.1) is 0 Å². The van der Waals surface area contributed by atoms with Crippen LogP contribution in [0.15, 0.2) is 49.1 Å². The first-order chi connectivity index (χ1) is 18.6. The summed E-state index contributed by atoms with van der Waals surface area (Å²) < 4.78 is 31.7. The first-order valence-corrected chi connectivity index (χ1v) is 12.3. The van der Waals surface area contributed by atoms with E-state index in [0.29, 0.717) is 40.4 Å². The molecule has 11 nitrogen and oxygen atoms in total. The molecule has 1 amide bonds. The molecule has 1 aliphatic heterocycles. The summed E-state index contributed by atoms with van der Waals surface area (Å²) in [6.45, 7) is 2.94. The lowest BCUT2D eigenvalue weighted by Crippen LogP contribution is -2.42. The minimum absolute atomic E-state index is 0.126. The van der Waals surface area contributed by atoms with Gasteiger partial charge in [0.2, 0.25) is 0 Å². The maximum absolute atomic E-state index is 14.3. The van der Waals surface area contributed by atoms with E-state index in [1.54, 1.807) is 35.0 Å². The third-order valence-electron chi connectivity index (χ3n) is 6.58. The molecular weight excluding hydrogens is 508 g/mol. The minimum atomic E-state index is -1.69. The molecule has 4 aromatic heterocycles. The predicted octanol–water partition coefficient (Wildman–Crippen LogP) is 2.53. The van der Waals surface area contributed by atoms with E-state index < -0.39 is 36.4 Å². The second kappa shape index (κ2) is 10.4. The Bertz CT molecular complexity index is 1550. The lowest BCUT2D eigenvalue weighted by atomic mass is 10.0. The maximum atomic E-state index is 14.3. The van der Waals surface area contributed by atoms with Crippen LogP contribution in [0.5, 0.6) is 0 Å². The van der Waals surface area contributed by atoms with Crippen molar-refractivity contribution in [3.63, 3.8) is 0 Å². The smallest absolute Gasteiger partial charge is 0.255 e. The molecule has 1 fully saturated rings. The number of aliphatic hydroxyl groups is 1. The number of halogens is 2. The van der Waals surface area contributed by atoms with Crippen LogP contribution in [0.25, 0.3) is 16.9 Å². The van der Waals surface area contributed by atoms with Crippen molar-refractivity contribution in [1.82, 2.24) is 35.0 Å². The zero-order valence-corrected chi connectivity index (χ0v) is 21.3. The number of amides is 1. The van der Waals surface area contributed by atoms with Gasteiger partial charge in [0.15, 0.2) is 0 Å². The average molecular weight is 536 g/mol. The normalized spacial score (nSPS) is 18.2. The Balaban J connectivity index is 1.48. The summed E-state index contributed by atoms with van der Waals surface area (Å²) in [5.74, 6) is -0.600. The van der Waals surface area contributed by atoms with Crippen molar-refractivity contribution in [3.05, 3.63) is 60.2 Å². The first-order valence-electron chi connectivity index (χ1n) is 12.3. The van der Waals surface area contributed by atoms with Crippen molar-refractivity contribution in [2.24, 2.45) is 0 Å². The summed E-state index contributed by atoms with van der Waals surface area (Å²) >= 11 is 0. The van der Waals surface area contributed by atoms with Gasteiger partial charge in [0, 0.05) is 25.5 Å². The maximum Gasteiger partial charge on any atom is 0.255 e. The predicted molar refractivity (Wildman–Crippen MR) is 139 cm³/mol. The lowest BCUT2D eigenvalue weighted by molar-refractivity contribution is -0.00177. The van der Waals surface area contributed by atoms with Gasteiger partial charge in [0.1, 0.15) is 18.4 Å². The van der Waals surface area contributed by atoms with Gasteiger partial charge in [0.25, 0.3) is 5.91 Å². The lowest BCUT2D eigenvalue weighted by Gasteiger charge is -2.22. The third-order valence-corrected chi connectivity index (χ3v) is 6.58. The highest BCUT2D eigenvalue weighted by Crippen LogP contribution is 2.28. The Morgan fingerprint density at radius 2 is 2.10 bits per heavy atom. The number of hydrogen-bond donors (Lipinski definition) is 4. The van der Waals surface area contributed by atoms with E-state index in [0.717, 1.165) is 0 Å². The summed E-state index contributed by atoms with van der Waals surface area (Å²) in [5, 5.41) is 36.3. The second-order valence-corrected chi connectivity index (χ2v) is 9.93. The van der Waals surface area contributed by atoms with E-state index in [4.69, 9.17) is 5.26 Å². The number of anilines is 2. The molecule has 3 atom stereocenters. The molecule has 0 radical (unpaired) electrons. The highest BCUT2D eigenvalue weighted by molar-refractivity contribution is 6.00. The van der Waals surface area contributed by atoms with Crippen molar-refractivity contribution in [3.8, 4) is 17.5 Å². The number of nitriles is 1. The Kier molecular flexibility index (Phi) is 6.98. The zero-order chi connectivity index (χ0) is 27.7. The molecule has 4 N–H and O–H groups in total. The van der Waals surface area contributed by atoms with Crippen LogP contribution in [0.3, 0.4) is 0 Å². The van der Waals surface area contributed by atoms with E-state index in [2.05, 4.69) is 37.2 Å². The fourth-order valence-electron chi connectivity index (χ4n) is 4.29. The van der Waals surface area contributed by atoms with Gasteiger partial charge in [-0.2, -0.15) is 15.5 Å². The molecule has 0 aromatic carbocycles. The highest BCUT2D eigenvalue weighted by Gasteiger charge is 2.29. The quantitative estimate of drug-likeness (QED) is 0.269. The molecule has 1 unspecified atom stereocenters. The number of pyridine rings is 1. The van der Waals surface area contributed by atoms with E-state index in [1.807, 2.05) is 0 Å². The van der Waals surface area contributed by atoms with Crippen LogP contribution in [0.1, 0.15) is 35.8 Å². The Labute approximate surface area is 222 Å². The molecule has 1 saturated heterocycles. The monoisotopic (exact) mass is 535 g/mol.